The molecule has 2 aromatic heterocycles. The molecule has 3 rings (SSSR count). The van der Waals surface area contributed by atoms with E-state index in [0.717, 1.165) is 0 Å². The molecule has 0 saturated heterocycles. The van der Waals surface area contributed by atoms with Crippen molar-refractivity contribution in [2.24, 2.45) is 0 Å². The highest BCUT2D eigenvalue weighted by Gasteiger charge is 2.25. The fourth-order valence-corrected chi connectivity index (χ4v) is 3.25. The van der Waals surface area contributed by atoms with Gasteiger partial charge in [0.25, 0.3) is 5.91 Å². The zero-order valence-corrected chi connectivity index (χ0v) is 20.9. The molecule has 13 heteroatoms. The molecule has 2 heterocycles. The third-order valence-electron chi connectivity index (χ3n) is 4.92. The molecule has 0 aliphatic carbocycles. The summed E-state index contributed by atoms with van der Waals surface area (Å²) in [5.74, 6) is -2.10. The lowest BCUT2D eigenvalue weighted by Crippen LogP contribution is -2.42. The first kappa shape index (κ1) is 27.0. The summed E-state index contributed by atoms with van der Waals surface area (Å²) in [6, 6.07) is 5.50. The van der Waals surface area contributed by atoms with Gasteiger partial charge in [0.1, 0.15) is 11.6 Å². The van der Waals surface area contributed by atoms with Crippen molar-refractivity contribution < 1.29 is 29.0 Å². The summed E-state index contributed by atoms with van der Waals surface area (Å²) in [5.41, 5.74) is 6.67. The van der Waals surface area contributed by atoms with Crippen LogP contribution >= 0.6 is 0 Å². The molecule has 0 aliphatic heterocycles. The van der Waals surface area contributed by atoms with Crippen LogP contribution in [-0.4, -0.2) is 61.6 Å². The van der Waals surface area contributed by atoms with Gasteiger partial charge in [-0.2, -0.15) is 9.97 Å². The number of nitrogens with one attached hydrogen (secondary N) is 2. The summed E-state index contributed by atoms with van der Waals surface area (Å²) in [7, 11) is 1.21. The van der Waals surface area contributed by atoms with Crippen molar-refractivity contribution in [1.82, 2.24) is 25.3 Å². The highest BCUT2D eigenvalue weighted by Crippen LogP contribution is 2.19. The third kappa shape index (κ3) is 7.72. The van der Waals surface area contributed by atoms with Crippen molar-refractivity contribution in [3.8, 4) is 5.88 Å². The minimum atomic E-state index is -1.01. The van der Waals surface area contributed by atoms with Gasteiger partial charge >= 0.3 is 11.9 Å². The predicted octanol–water partition coefficient (Wildman–Crippen LogP) is 1.71. The monoisotopic (exact) mass is 511 g/mol. The lowest BCUT2D eigenvalue weighted by molar-refractivity contribution is -0.155. The zero-order valence-electron chi connectivity index (χ0n) is 20.9. The van der Waals surface area contributed by atoms with E-state index in [-0.39, 0.29) is 42.4 Å². The van der Waals surface area contributed by atoms with Crippen LogP contribution in [0.4, 0.5) is 11.6 Å². The van der Waals surface area contributed by atoms with E-state index in [0.29, 0.717) is 16.9 Å². The van der Waals surface area contributed by atoms with E-state index in [4.69, 9.17) is 15.2 Å². The molecule has 1 aromatic carbocycles. The SMILES string of the molecule is COC(=O)[C@H](CCC(=O)OC(C)(C)C)NC(=O)c1ccc(NCc2cnc3nc(N)nc(O)c3n2)cc1. The summed E-state index contributed by atoms with van der Waals surface area (Å²) in [5, 5.41) is 15.7. The fourth-order valence-electron chi connectivity index (χ4n) is 3.25. The minimum Gasteiger partial charge on any atom is -0.492 e. The number of nitrogens with two attached hydrogens (primary N) is 1. The van der Waals surface area contributed by atoms with E-state index < -0.39 is 29.5 Å². The van der Waals surface area contributed by atoms with Crippen LogP contribution in [0.5, 0.6) is 5.88 Å². The number of esters is 2. The highest BCUT2D eigenvalue weighted by molar-refractivity contribution is 5.97. The average molecular weight is 512 g/mol. The number of nitrogens with zero attached hydrogens (tertiary/aromatic N) is 4. The van der Waals surface area contributed by atoms with Crippen molar-refractivity contribution in [1.29, 1.82) is 0 Å². The van der Waals surface area contributed by atoms with E-state index in [1.807, 2.05) is 0 Å². The Labute approximate surface area is 212 Å². The first-order chi connectivity index (χ1) is 17.4. The minimum absolute atomic E-state index is 0.0347. The van der Waals surface area contributed by atoms with Gasteiger partial charge in [0.2, 0.25) is 11.8 Å². The number of ether oxygens (including phenoxy) is 2. The summed E-state index contributed by atoms with van der Waals surface area (Å²) in [6.07, 6.45) is 1.47. The van der Waals surface area contributed by atoms with Crippen molar-refractivity contribution in [2.45, 2.75) is 51.8 Å². The number of carbonyl (C=O) groups excluding carboxylic acids is 3. The molecule has 196 valence electrons. The lowest BCUT2D eigenvalue weighted by atomic mass is 10.1. The largest absolute Gasteiger partial charge is 0.492 e. The van der Waals surface area contributed by atoms with Gasteiger partial charge in [-0.25, -0.2) is 14.8 Å². The molecule has 0 saturated carbocycles. The van der Waals surface area contributed by atoms with Crippen molar-refractivity contribution in [3.63, 3.8) is 0 Å². The van der Waals surface area contributed by atoms with Crippen LogP contribution in [0.1, 0.15) is 49.7 Å². The second-order valence-electron chi connectivity index (χ2n) is 9.04. The first-order valence-electron chi connectivity index (χ1n) is 11.4. The maximum absolute atomic E-state index is 12.7. The van der Waals surface area contributed by atoms with Gasteiger partial charge in [0.05, 0.1) is 25.5 Å². The van der Waals surface area contributed by atoms with Crippen LogP contribution in [0.3, 0.4) is 0 Å². The van der Waals surface area contributed by atoms with Crippen LogP contribution < -0.4 is 16.4 Å². The molecule has 0 radical (unpaired) electrons. The van der Waals surface area contributed by atoms with Crippen LogP contribution in [0, 0.1) is 0 Å². The van der Waals surface area contributed by atoms with Crippen molar-refractivity contribution in [2.75, 3.05) is 18.2 Å². The van der Waals surface area contributed by atoms with Gasteiger partial charge in [-0.3, -0.25) is 9.59 Å². The predicted molar refractivity (Wildman–Crippen MR) is 133 cm³/mol. The number of nitrogen functional groups attached to an aromatic ring is 1. The fraction of sp³-hybridized carbons (Fsp3) is 0.375. The second-order valence-corrected chi connectivity index (χ2v) is 9.04. The number of hydrogen-bond donors (Lipinski definition) is 4. The third-order valence-corrected chi connectivity index (χ3v) is 4.92. The second kappa shape index (κ2) is 11.5. The summed E-state index contributed by atoms with van der Waals surface area (Å²) in [4.78, 5) is 52.8. The van der Waals surface area contributed by atoms with Gasteiger partial charge in [0.15, 0.2) is 11.2 Å². The number of aromatic hydroxyl groups is 1. The van der Waals surface area contributed by atoms with E-state index >= 15 is 0 Å². The Bertz CT molecular complexity index is 1290. The van der Waals surface area contributed by atoms with E-state index in [2.05, 4.69) is 30.6 Å². The molecule has 1 atom stereocenters. The summed E-state index contributed by atoms with van der Waals surface area (Å²) >= 11 is 0. The molecule has 0 spiro atoms. The highest BCUT2D eigenvalue weighted by atomic mass is 16.6. The van der Waals surface area contributed by atoms with Gasteiger partial charge in [0, 0.05) is 17.7 Å². The molecule has 13 nitrogen and oxygen atoms in total. The number of benzene rings is 1. The molecular weight excluding hydrogens is 482 g/mol. The van der Waals surface area contributed by atoms with Gasteiger partial charge < -0.3 is 30.9 Å². The number of methoxy groups -OCH3 is 1. The molecule has 0 unspecified atom stereocenters. The molecule has 0 fully saturated rings. The zero-order chi connectivity index (χ0) is 27.2. The summed E-state index contributed by atoms with van der Waals surface area (Å²) < 4.78 is 10.0. The topological polar surface area (TPSA) is 192 Å². The molecule has 0 aliphatic rings. The Hall–Kier alpha value is -4.55. The Morgan fingerprint density at radius 1 is 1.11 bits per heavy atom. The Morgan fingerprint density at radius 2 is 1.81 bits per heavy atom. The number of fused-ring (bicyclic) bond motifs is 1. The summed E-state index contributed by atoms with van der Waals surface area (Å²) in [6.45, 7) is 5.51. The van der Waals surface area contributed by atoms with Gasteiger partial charge in [-0.1, -0.05) is 0 Å². The number of carbonyl (C=O) groups is 3. The first-order valence-corrected chi connectivity index (χ1v) is 11.4. The van der Waals surface area contributed by atoms with Crippen molar-refractivity contribution in [3.05, 3.63) is 41.7 Å². The Morgan fingerprint density at radius 3 is 2.46 bits per heavy atom. The Kier molecular flexibility index (Phi) is 8.37. The Balaban J connectivity index is 1.59. The molecule has 1 amide bonds. The van der Waals surface area contributed by atoms with Crippen LogP contribution in [-0.2, 0) is 25.6 Å². The van der Waals surface area contributed by atoms with Gasteiger partial charge in [-0.05, 0) is 51.5 Å². The molecule has 37 heavy (non-hydrogen) atoms. The van der Waals surface area contributed by atoms with E-state index in [1.165, 1.54) is 13.3 Å². The smallest absolute Gasteiger partial charge is 0.328 e. The van der Waals surface area contributed by atoms with Crippen molar-refractivity contribution >= 4 is 40.6 Å². The number of amides is 1. The lowest BCUT2D eigenvalue weighted by Gasteiger charge is -2.21. The quantitative estimate of drug-likeness (QED) is 0.304. The average Bonchev–Trinajstić information content (AvgIpc) is 2.84. The van der Waals surface area contributed by atoms with E-state index in [1.54, 1.807) is 45.0 Å². The number of aromatic nitrogens is 4. The standard InChI is InChI=1S/C24H29N7O6/c1-24(2,3)37-17(32)10-9-16(22(35)36-4)29-20(33)13-5-7-14(8-6-13)26-11-15-12-27-19-18(28-15)21(34)31-23(25)30-19/h5-8,12,16,26H,9-11H2,1-4H3,(H,29,33)(H3,25,27,30,31,34)/t16-/m0/s1. The number of anilines is 2. The van der Waals surface area contributed by atoms with Crippen LogP contribution in [0.25, 0.3) is 11.2 Å². The van der Waals surface area contributed by atoms with E-state index in [9.17, 15) is 19.5 Å². The maximum atomic E-state index is 12.7. The normalized spacial score (nSPS) is 12.0. The van der Waals surface area contributed by atoms with Crippen LogP contribution in [0.15, 0.2) is 30.5 Å². The number of rotatable bonds is 9. The van der Waals surface area contributed by atoms with Crippen LogP contribution in [0.2, 0.25) is 0 Å². The molecular formula is C24H29N7O6. The molecule has 5 N–H and O–H groups in total. The maximum Gasteiger partial charge on any atom is 0.328 e. The number of hydrogen-bond acceptors (Lipinski definition) is 12. The molecule has 0 bridgehead atoms. The molecule has 3 aromatic rings. The van der Waals surface area contributed by atoms with Gasteiger partial charge in [-0.15, -0.1) is 0 Å².